The van der Waals surface area contributed by atoms with Crippen LogP contribution < -0.4 is 34.1 Å². The molecule has 8 heterocycles. The second-order valence-corrected chi connectivity index (χ2v) is 38.2. The van der Waals surface area contributed by atoms with Gasteiger partial charge in [-0.3, -0.25) is 9.97 Å². The van der Waals surface area contributed by atoms with Gasteiger partial charge in [-0.2, -0.15) is 26.3 Å². The van der Waals surface area contributed by atoms with Crippen LogP contribution in [0.3, 0.4) is 0 Å². The lowest BCUT2D eigenvalue weighted by atomic mass is 9.80. The van der Waals surface area contributed by atoms with Crippen molar-refractivity contribution in [1.29, 1.82) is 26.3 Å². The lowest BCUT2D eigenvalue weighted by Crippen LogP contribution is -2.29. The van der Waals surface area contributed by atoms with E-state index in [-0.39, 0.29) is 21.4 Å². The number of pyridine rings is 2. The number of anilines is 5. The lowest BCUT2D eigenvalue weighted by Gasteiger charge is -2.05. The van der Waals surface area contributed by atoms with Crippen molar-refractivity contribution < 1.29 is 10.0 Å². The van der Waals surface area contributed by atoms with Gasteiger partial charge in [-0.15, -0.1) is 29.0 Å². The van der Waals surface area contributed by atoms with Crippen molar-refractivity contribution >= 4 is 92.6 Å². The van der Waals surface area contributed by atoms with Crippen molar-refractivity contribution in [2.24, 2.45) is 5.11 Å². The van der Waals surface area contributed by atoms with E-state index in [0.29, 0.717) is 132 Å². The van der Waals surface area contributed by atoms with Gasteiger partial charge in [-0.1, -0.05) is 205 Å². The average Bonchev–Trinajstić information content (AvgIpc) is 1.36. The van der Waals surface area contributed by atoms with Crippen LogP contribution in [-0.2, 0) is 25.9 Å². The summed E-state index contributed by atoms with van der Waals surface area (Å²) in [6, 6.07) is 64.0. The molecule has 8 aromatic heterocycles. The van der Waals surface area contributed by atoms with Gasteiger partial charge < -0.3 is 38.7 Å². The number of hydrogen-bond donors (Lipinski definition) is 7. The Hall–Kier alpha value is -15.3. The first-order chi connectivity index (χ1) is 60.2. The summed E-state index contributed by atoms with van der Waals surface area (Å²) in [4.78, 5) is 52.5. The zero-order valence-electron chi connectivity index (χ0n) is 71.4. The Morgan fingerprint density at radius 2 is 0.825 bits per heavy atom. The summed E-state index contributed by atoms with van der Waals surface area (Å²) < 4.78 is 1.71. The first-order valence-corrected chi connectivity index (χ1v) is 46.7. The number of benzene rings is 5. The van der Waals surface area contributed by atoms with Gasteiger partial charge in [0.15, 0.2) is 23.3 Å². The number of halogens is 3. The number of rotatable bonds is 12. The van der Waals surface area contributed by atoms with Gasteiger partial charge in [0.1, 0.15) is 72.6 Å². The highest BCUT2D eigenvalue weighted by atomic mass is 35.5. The van der Waals surface area contributed by atoms with Gasteiger partial charge in [0.25, 0.3) is 0 Å². The number of azide groups is 1. The minimum atomic E-state index is -1.50. The standard InChI is InChI=1S/C21H18N8.C16H16N4Si.C13H8N4.C11H7ClN4.C8H10N4.C7H6BNO2.C5H10Si.C4H3Cl2N3.C3H8.C2H6/c1-2-16-7-4-8-17(24-16)12-29-13-19(27-28-29)18-10-20(23)26-21(25-18)15-6-3-5-14(9-15)11-22;1-21(2,3)8-7-14-10-15(18)20-16(19-14)13-6-4-5-12(9-13)11-17;1-2-11-7-12(15)17-13(16-11)10-5-3-4-9(6-10)8-14;12-9-5-10(14)16-11(15-9)8-3-1-2-7(4-8)6-13;1-2-7-4-3-5-8(11-7)6-10-12-9;9-5-6-2-1-3-7(4-6)8(10)11;1-5-6(2,3)4;5-2-1-3(7)9-4(6)8-2;1-3-2;1-2/h3-10,13H,2,12H2,1H3,(H2,23,25,26);4-6,9-10H,1-3H3,(H2,18,19,20);1,3-7H,(H2,15,16,17);1-5H,(H2,14,15,16);3-5H,2,6H2,1H3;1-4,10-11H;1H,2-4H3;1H,(H2,7,8,9);3H2,1-2H3;1-2H3. The van der Waals surface area contributed by atoms with Crippen molar-refractivity contribution in [3.63, 3.8) is 0 Å². The maximum Gasteiger partial charge on any atom is 0.488 e. The molecular formula is C90H92BCl3N28O2Si2. The normalized spacial score (nSPS) is 9.67. The molecule has 0 unspecified atom stereocenters. The molecule has 36 heteroatoms. The van der Waals surface area contributed by atoms with Crippen LogP contribution in [0.5, 0.6) is 0 Å². The van der Waals surface area contributed by atoms with Crippen LogP contribution in [0.15, 0.2) is 199 Å². The Balaban J connectivity index is 0.000000310. The van der Waals surface area contributed by atoms with E-state index in [9.17, 15) is 0 Å². The zero-order chi connectivity index (χ0) is 93.3. The summed E-state index contributed by atoms with van der Waals surface area (Å²) in [5, 5.41) is 73.9. The van der Waals surface area contributed by atoms with E-state index in [1.807, 2.05) is 81.4 Å². The molecule has 5 aromatic carbocycles. The van der Waals surface area contributed by atoms with E-state index in [4.69, 9.17) is 118 Å². The van der Waals surface area contributed by atoms with Gasteiger partial charge in [0.2, 0.25) is 5.28 Å². The van der Waals surface area contributed by atoms with E-state index in [0.717, 1.165) is 41.2 Å². The molecule has 636 valence electrons. The van der Waals surface area contributed by atoms with Crippen LogP contribution in [0.1, 0.15) is 110 Å². The summed E-state index contributed by atoms with van der Waals surface area (Å²) in [7, 11) is -4.07. The zero-order valence-corrected chi connectivity index (χ0v) is 75.7. The Labute approximate surface area is 751 Å². The van der Waals surface area contributed by atoms with Crippen LogP contribution >= 0.6 is 34.8 Å². The van der Waals surface area contributed by atoms with Crippen LogP contribution in [0.25, 0.3) is 67.4 Å². The van der Waals surface area contributed by atoms with Crippen molar-refractivity contribution in [3.05, 3.63) is 282 Å². The van der Waals surface area contributed by atoms with E-state index >= 15 is 0 Å². The highest BCUT2D eigenvalue weighted by molar-refractivity contribution is 6.84. The second-order valence-electron chi connectivity index (χ2n) is 27.6. The van der Waals surface area contributed by atoms with Crippen molar-refractivity contribution in [1.82, 2.24) is 74.8 Å². The molecule has 126 heavy (non-hydrogen) atoms. The molecule has 0 aliphatic carbocycles. The van der Waals surface area contributed by atoms with Crippen LogP contribution in [0.4, 0.5) is 29.1 Å². The number of nitrogens with two attached hydrogens (primary N) is 5. The fourth-order valence-corrected chi connectivity index (χ4v) is 10.5. The number of nitriles is 5. The van der Waals surface area contributed by atoms with E-state index in [1.54, 1.807) is 126 Å². The molecule has 0 spiro atoms. The number of terminal acetylenes is 2. The summed E-state index contributed by atoms with van der Waals surface area (Å²) in [5.41, 5.74) is 54.2. The highest BCUT2D eigenvalue weighted by Crippen LogP contribution is 2.26. The largest absolute Gasteiger partial charge is 0.488 e. The predicted octanol–water partition coefficient (Wildman–Crippen LogP) is 16.5. The number of nitrogens with zero attached hydrogens (tertiary/aromatic N) is 23. The van der Waals surface area contributed by atoms with Crippen molar-refractivity contribution in [2.45, 2.75) is 113 Å². The summed E-state index contributed by atoms with van der Waals surface area (Å²) in [5.74, 6) is 8.85. The maximum atomic E-state index is 9.11. The fourth-order valence-electron chi connectivity index (χ4n) is 9.35. The third-order valence-electron chi connectivity index (χ3n) is 15.0. The van der Waals surface area contributed by atoms with E-state index in [1.165, 1.54) is 30.7 Å². The number of nitrogen functional groups attached to an aromatic ring is 5. The molecular weight excluding hydrogens is 1680 g/mol. The van der Waals surface area contributed by atoms with Gasteiger partial charge >= 0.3 is 7.12 Å². The van der Waals surface area contributed by atoms with Gasteiger partial charge in [0.05, 0.1) is 88.8 Å². The lowest BCUT2D eigenvalue weighted by molar-refractivity contribution is 0.425. The number of aryl methyl sites for hydroxylation is 2. The topological polar surface area (TPSA) is 524 Å². The molecule has 0 fully saturated rings. The SMILES string of the molecule is C#C[Si](C)(C)C.C#Cc1cc(N)nc(-c2cccc(C#N)c2)n1.CC.CCC.CCc1cccc(CN=[N+]=[N-])n1.CCc1cccc(Cn2cc(-c3cc(N)nc(-c4cccc(C#N)c4)n3)nn2)n1.C[Si](C)(C)C#Cc1cc(N)nc(-c2cccc(C#N)c2)n1.N#Cc1cccc(-c2nc(N)cc(Cl)n2)c1.N#Cc1cccc(B(O)O)c1.Nc1cc(Cl)nc(Cl)n1. The molecule has 13 rings (SSSR count). The molecule has 0 saturated heterocycles. The molecule has 0 atom stereocenters. The highest BCUT2D eigenvalue weighted by Gasteiger charge is 2.16. The Kier molecular flexibility index (Phi) is 44.3. The molecule has 0 aliphatic heterocycles. The van der Waals surface area contributed by atoms with Crippen molar-refractivity contribution in [2.75, 3.05) is 28.7 Å². The van der Waals surface area contributed by atoms with Gasteiger partial charge in [-0.25, -0.2) is 54.5 Å². The van der Waals surface area contributed by atoms with E-state index < -0.39 is 23.3 Å². The molecule has 0 bridgehead atoms. The Morgan fingerprint density at radius 3 is 1.23 bits per heavy atom. The van der Waals surface area contributed by atoms with E-state index in [2.05, 4.69) is 181 Å². The Bertz CT molecular complexity index is 6150. The molecule has 30 nitrogen and oxygen atoms in total. The van der Waals surface area contributed by atoms with Crippen LogP contribution in [-0.4, -0.2) is 108 Å². The average molecular weight is 1770 g/mol. The Morgan fingerprint density at radius 1 is 0.452 bits per heavy atom. The predicted molar refractivity (Wildman–Crippen MR) is 505 cm³/mol. The molecule has 0 radical (unpaired) electrons. The van der Waals surface area contributed by atoms with Crippen LogP contribution in [0, 0.1) is 92.4 Å². The third-order valence-corrected chi connectivity index (χ3v) is 17.3. The maximum absolute atomic E-state index is 9.11. The summed E-state index contributed by atoms with van der Waals surface area (Å²) in [6.45, 7) is 26.2. The molecule has 0 saturated carbocycles. The molecule has 13 aromatic rings. The summed E-state index contributed by atoms with van der Waals surface area (Å²) >= 11 is 16.6. The minimum absolute atomic E-state index is 0.0694. The monoisotopic (exact) mass is 1770 g/mol. The van der Waals surface area contributed by atoms with Crippen molar-refractivity contribution in [3.8, 4) is 123 Å². The molecule has 0 aliphatic rings. The quantitative estimate of drug-likeness (QED) is 0.0114. The smallest absolute Gasteiger partial charge is 0.423 e. The fraction of sp³-hybridized carbons (Fsp3) is 0.189. The minimum Gasteiger partial charge on any atom is -0.423 e. The second kappa shape index (κ2) is 54.1. The first kappa shape index (κ1) is 103. The first-order valence-electron chi connectivity index (χ1n) is 38.6. The molecule has 0 amide bonds. The number of hydrogen-bond acceptors (Lipinski definition) is 27. The number of aromatic nitrogens is 15. The third kappa shape index (κ3) is 38.6. The van der Waals surface area contributed by atoms with Crippen LogP contribution in [0.2, 0.25) is 54.9 Å². The summed E-state index contributed by atoms with van der Waals surface area (Å²) in [6.07, 6.45) is 15.2. The van der Waals surface area contributed by atoms with Gasteiger partial charge in [0, 0.05) is 74.6 Å². The molecule has 12 N–H and O–H groups in total. The van der Waals surface area contributed by atoms with Gasteiger partial charge in [-0.05, 0) is 120 Å².